The standard InChI is InChI=1S/C61H110O6/c1-4-7-10-13-16-19-22-25-28-30-33-36-39-42-45-48-51-54-60(63)66-57-58(56-65-59(62)53-50-47-44-41-38-35-32-27-24-21-18-15-12-9-6-3)67-61(64)55-52-49-46-43-40-37-34-31-29-26-23-20-17-14-11-8-5-2/h25,27-28,32-33,36,42,45,58H,4-24,26,29-31,34-35,37-41,43-44,46-57H2,1-3H3/b28-25-,32-27-,36-33-,45-42-/t58-/m0/s1. The van der Waals surface area contributed by atoms with Crippen LogP contribution in [0.3, 0.4) is 0 Å². The van der Waals surface area contributed by atoms with Gasteiger partial charge in [0.05, 0.1) is 0 Å². The van der Waals surface area contributed by atoms with E-state index in [1.807, 2.05) is 0 Å². The lowest BCUT2D eigenvalue weighted by Crippen LogP contribution is -2.30. The van der Waals surface area contributed by atoms with Crippen LogP contribution in [0, 0.1) is 0 Å². The molecule has 0 rings (SSSR count). The zero-order valence-corrected chi connectivity index (χ0v) is 44.7. The lowest BCUT2D eigenvalue weighted by Gasteiger charge is -2.18. The summed E-state index contributed by atoms with van der Waals surface area (Å²) >= 11 is 0. The summed E-state index contributed by atoms with van der Waals surface area (Å²) < 4.78 is 16.8. The normalized spacial score (nSPS) is 12.3. The number of allylic oxidation sites excluding steroid dienone is 8. The summed E-state index contributed by atoms with van der Waals surface area (Å²) in [7, 11) is 0. The van der Waals surface area contributed by atoms with Gasteiger partial charge in [-0.2, -0.15) is 0 Å². The molecule has 0 aromatic rings. The van der Waals surface area contributed by atoms with Gasteiger partial charge in [0.2, 0.25) is 0 Å². The Bertz CT molecular complexity index is 1170. The van der Waals surface area contributed by atoms with E-state index >= 15 is 0 Å². The van der Waals surface area contributed by atoms with E-state index in [4.69, 9.17) is 14.2 Å². The molecule has 0 amide bonds. The van der Waals surface area contributed by atoms with Crippen molar-refractivity contribution in [3.05, 3.63) is 48.6 Å². The number of carbonyl (C=O) groups excluding carboxylic acids is 3. The van der Waals surface area contributed by atoms with Crippen molar-refractivity contribution in [1.82, 2.24) is 0 Å². The van der Waals surface area contributed by atoms with E-state index in [1.165, 1.54) is 193 Å². The fourth-order valence-electron chi connectivity index (χ4n) is 8.40. The lowest BCUT2D eigenvalue weighted by atomic mass is 10.0. The first-order valence-electron chi connectivity index (χ1n) is 29.1. The highest BCUT2D eigenvalue weighted by Crippen LogP contribution is 2.16. The number of esters is 3. The van der Waals surface area contributed by atoms with Gasteiger partial charge in [-0.25, -0.2) is 0 Å². The molecule has 0 heterocycles. The molecular formula is C61H110O6. The van der Waals surface area contributed by atoms with E-state index in [1.54, 1.807) is 0 Å². The molecule has 0 saturated heterocycles. The molecule has 0 aliphatic carbocycles. The molecule has 0 aromatic heterocycles. The smallest absolute Gasteiger partial charge is 0.306 e. The second-order valence-electron chi connectivity index (χ2n) is 19.6. The summed E-state index contributed by atoms with van der Waals surface area (Å²) in [6.45, 7) is 6.61. The number of unbranched alkanes of at least 4 members (excludes halogenated alkanes) is 34. The molecule has 0 spiro atoms. The van der Waals surface area contributed by atoms with Crippen LogP contribution in [0.15, 0.2) is 48.6 Å². The Balaban J connectivity index is 4.43. The van der Waals surface area contributed by atoms with E-state index in [9.17, 15) is 14.4 Å². The molecule has 0 aromatic carbocycles. The van der Waals surface area contributed by atoms with Crippen molar-refractivity contribution in [3.8, 4) is 0 Å². The van der Waals surface area contributed by atoms with Gasteiger partial charge < -0.3 is 14.2 Å². The van der Waals surface area contributed by atoms with Gasteiger partial charge in [0, 0.05) is 19.3 Å². The first kappa shape index (κ1) is 64.4. The molecule has 0 saturated carbocycles. The van der Waals surface area contributed by atoms with Gasteiger partial charge in [-0.15, -0.1) is 0 Å². The summed E-state index contributed by atoms with van der Waals surface area (Å²) in [6.07, 6.45) is 68.2. The van der Waals surface area contributed by atoms with Crippen LogP contribution in [0.5, 0.6) is 0 Å². The molecule has 0 aliphatic rings. The van der Waals surface area contributed by atoms with Gasteiger partial charge in [-0.05, 0) is 77.0 Å². The molecule has 0 radical (unpaired) electrons. The zero-order valence-electron chi connectivity index (χ0n) is 44.7. The van der Waals surface area contributed by atoms with Crippen LogP contribution >= 0.6 is 0 Å². The minimum Gasteiger partial charge on any atom is -0.462 e. The van der Waals surface area contributed by atoms with Crippen molar-refractivity contribution in [2.45, 2.75) is 309 Å². The molecule has 0 bridgehead atoms. The van der Waals surface area contributed by atoms with Crippen LogP contribution in [0.1, 0.15) is 303 Å². The van der Waals surface area contributed by atoms with Gasteiger partial charge >= 0.3 is 17.9 Å². The minimum atomic E-state index is -0.794. The van der Waals surface area contributed by atoms with Gasteiger partial charge in [0.1, 0.15) is 13.2 Å². The Morgan fingerprint density at radius 2 is 0.552 bits per heavy atom. The predicted molar refractivity (Wildman–Crippen MR) is 289 cm³/mol. The van der Waals surface area contributed by atoms with E-state index in [2.05, 4.69) is 69.4 Å². The van der Waals surface area contributed by atoms with Crippen LogP contribution in [0.4, 0.5) is 0 Å². The third kappa shape index (κ3) is 54.2. The van der Waals surface area contributed by atoms with Crippen molar-refractivity contribution in [1.29, 1.82) is 0 Å². The monoisotopic (exact) mass is 939 g/mol. The Morgan fingerprint density at radius 1 is 0.299 bits per heavy atom. The van der Waals surface area contributed by atoms with Gasteiger partial charge in [-0.1, -0.05) is 256 Å². The van der Waals surface area contributed by atoms with Crippen molar-refractivity contribution in [2.75, 3.05) is 13.2 Å². The number of carbonyl (C=O) groups is 3. The van der Waals surface area contributed by atoms with Gasteiger partial charge in [0.25, 0.3) is 0 Å². The summed E-state index contributed by atoms with van der Waals surface area (Å²) in [5, 5.41) is 0. The molecule has 0 N–H and O–H groups in total. The molecule has 1 atom stereocenters. The number of hydrogen-bond donors (Lipinski definition) is 0. The largest absolute Gasteiger partial charge is 0.462 e. The quantitative estimate of drug-likeness (QED) is 0.0262. The van der Waals surface area contributed by atoms with E-state index in [0.717, 1.165) is 64.2 Å². The Hall–Kier alpha value is -2.63. The maximum absolute atomic E-state index is 12.9. The maximum atomic E-state index is 12.9. The van der Waals surface area contributed by atoms with Crippen LogP contribution in [0.25, 0.3) is 0 Å². The SMILES string of the molecule is CCCCCCCC/C=C\C/C=C\C/C=C\CCCC(=O)OC[C@H](COC(=O)CCCCCCC/C=C\CCCCCCCC)OC(=O)CCCCCCCCCCCCCCCCCCC. The van der Waals surface area contributed by atoms with Gasteiger partial charge in [0.15, 0.2) is 6.10 Å². The molecule has 0 aliphatic heterocycles. The van der Waals surface area contributed by atoms with Crippen molar-refractivity contribution >= 4 is 17.9 Å². The second-order valence-corrected chi connectivity index (χ2v) is 19.6. The lowest BCUT2D eigenvalue weighted by molar-refractivity contribution is -0.167. The highest BCUT2D eigenvalue weighted by Gasteiger charge is 2.19. The zero-order chi connectivity index (χ0) is 48.6. The highest BCUT2D eigenvalue weighted by molar-refractivity contribution is 5.71. The second kappa shape index (κ2) is 56.0. The summed E-state index contributed by atoms with van der Waals surface area (Å²) in [4.78, 5) is 38.1. The molecule has 6 heteroatoms. The predicted octanol–water partition coefficient (Wildman–Crippen LogP) is 19.4. The van der Waals surface area contributed by atoms with Crippen LogP contribution in [0.2, 0.25) is 0 Å². The van der Waals surface area contributed by atoms with Crippen molar-refractivity contribution in [3.63, 3.8) is 0 Å². The van der Waals surface area contributed by atoms with Crippen LogP contribution < -0.4 is 0 Å². The topological polar surface area (TPSA) is 78.9 Å². The van der Waals surface area contributed by atoms with Crippen LogP contribution in [-0.2, 0) is 28.6 Å². The first-order valence-corrected chi connectivity index (χ1v) is 29.1. The Kier molecular flexibility index (Phi) is 53.8. The summed E-state index contributed by atoms with van der Waals surface area (Å²) in [5.74, 6) is -0.937. The van der Waals surface area contributed by atoms with Crippen molar-refractivity contribution in [2.24, 2.45) is 0 Å². The number of ether oxygens (including phenoxy) is 3. The average molecular weight is 940 g/mol. The van der Waals surface area contributed by atoms with Crippen LogP contribution in [-0.4, -0.2) is 37.2 Å². The van der Waals surface area contributed by atoms with E-state index in [0.29, 0.717) is 25.7 Å². The molecule has 0 fully saturated rings. The van der Waals surface area contributed by atoms with E-state index in [-0.39, 0.29) is 31.1 Å². The first-order chi connectivity index (χ1) is 33.0. The fraction of sp³-hybridized carbons (Fsp3) is 0.820. The summed E-state index contributed by atoms with van der Waals surface area (Å²) in [6, 6.07) is 0. The minimum absolute atomic E-state index is 0.0901. The number of rotatable bonds is 53. The highest BCUT2D eigenvalue weighted by atomic mass is 16.6. The Labute approximate surface area is 416 Å². The Morgan fingerprint density at radius 3 is 0.910 bits per heavy atom. The third-order valence-corrected chi connectivity index (χ3v) is 12.8. The molecule has 390 valence electrons. The molecule has 67 heavy (non-hydrogen) atoms. The molecule has 0 unspecified atom stereocenters. The van der Waals surface area contributed by atoms with Gasteiger partial charge in [-0.3, -0.25) is 14.4 Å². The number of hydrogen-bond acceptors (Lipinski definition) is 6. The fourth-order valence-corrected chi connectivity index (χ4v) is 8.40. The average Bonchev–Trinajstić information content (AvgIpc) is 3.33. The van der Waals surface area contributed by atoms with E-state index < -0.39 is 6.10 Å². The third-order valence-electron chi connectivity index (χ3n) is 12.8. The maximum Gasteiger partial charge on any atom is 0.306 e. The molecule has 6 nitrogen and oxygen atoms in total. The molecular weight excluding hydrogens is 829 g/mol. The summed E-state index contributed by atoms with van der Waals surface area (Å²) in [5.41, 5.74) is 0. The van der Waals surface area contributed by atoms with Crippen molar-refractivity contribution < 1.29 is 28.6 Å².